The first-order valence-corrected chi connectivity index (χ1v) is 5.39. The normalized spacial score (nSPS) is 9.21. The average molecular weight is 268 g/mol. The fraction of sp³-hybridized carbons (Fsp3) is 0.333. The minimum Gasteiger partial charge on any atom is -0.449 e. The monoisotopic (exact) mass is 268 g/mol. The van der Waals surface area contributed by atoms with Crippen LogP contribution in [0.4, 0.5) is 9.59 Å². The predicted octanol–water partition coefficient (Wildman–Crippen LogP) is 1.36. The zero-order valence-electron chi connectivity index (χ0n) is 11.1. The van der Waals surface area contributed by atoms with Gasteiger partial charge in [-0.05, 0) is 20.8 Å². The van der Waals surface area contributed by atoms with Crippen LogP contribution in [0, 0.1) is 0 Å². The summed E-state index contributed by atoms with van der Waals surface area (Å²) >= 11 is 0. The lowest BCUT2D eigenvalue weighted by Crippen LogP contribution is -2.49. The Morgan fingerprint density at radius 3 is 2.00 bits per heavy atom. The van der Waals surface area contributed by atoms with Crippen molar-refractivity contribution in [1.82, 2.24) is 10.2 Å². The number of hydrogen-bond acceptors (Lipinski definition) is 5. The number of hydrogen-bond donors (Lipinski definition) is 1. The highest BCUT2D eigenvalue weighted by atomic mass is 16.6. The molecule has 5 amide bonds. The Morgan fingerprint density at radius 2 is 1.63 bits per heavy atom. The second-order valence-corrected chi connectivity index (χ2v) is 3.66. The average Bonchev–Trinajstić information content (AvgIpc) is 2.28. The summed E-state index contributed by atoms with van der Waals surface area (Å²) in [6.45, 7) is 10.8. The summed E-state index contributed by atoms with van der Waals surface area (Å²) in [4.78, 5) is 46.4. The molecule has 104 valence electrons. The van der Waals surface area contributed by atoms with E-state index in [9.17, 15) is 19.2 Å². The summed E-state index contributed by atoms with van der Waals surface area (Å²) in [7, 11) is 0. The fourth-order valence-electron chi connectivity index (χ4n) is 0.897. The highest BCUT2D eigenvalue weighted by Gasteiger charge is 2.31. The van der Waals surface area contributed by atoms with Crippen LogP contribution in [0.15, 0.2) is 24.3 Å². The molecule has 7 heteroatoms. The Bertz CT molecular complexity index is 453. The molecule has 0 heterocycles. The Balaban J connectivity index is 5.14. The quantitative estimate of drug-likeness (QED) is 0.780. The van der Waals surface area contributed by atoms with Gasteiger partial charge in [0.2, 0.25) is 0 Å². The van der Waals surface area contributed by atoms with Crippen LogP contribution in [0.3, 0.4) is 0 Å². The number of carbonyl (C=O) groups is 4. The molecule has 0 rings (SSSR count). The summed E-state index contributed by atoms with van der Waals surface area (Å²) < 4.78 is 4.57. The molecule has 0 saturated heterocycles. The molecular formula is C12H16N2O5. The Morgan fingerprint density at radius 1 is 1.11 bits per heavy atom. The highest BCUT2D eigenvalue weighted by molar-refractivity contribution is 6.17. The molecule has 0 bridgehead atoms. The van der Waals surface area contributed by atoms with Crippen LogP contribution in [0.1, 0.15) is 20.8 Å². The van der Waals surface area contributed by atoms with E-state index in [1.54, 1.807) is 0 Å². The van der Waals surface area contributed by atoms with Crippen molar-refractivity contribution < 1.29 is 23.9 Å². The zero-order valence-corrected chi connectivity index (χ0v) is 11.1. The summed E-state index contributed by atoms with van der Waals surface area (Å²) in [6.07, 6.45) is -1.18. The molecule has 0 spiro atoms. The van der Waals surface area contributed by atoms with E-state index < -0.39 is 23.9 Å². The smallest absolute Gasteiger partial charge is 0.425 e. The van der Waals surface area contributed by atoms with Gasteiger partial charge in [0.25, 0.3) is 11.8 Å². The number of nitrogens with one attached hydrogen (secondary N) is 1. The van der Waals surface area contributed by atoms with E-state index in [0.29, 0.717) is 0 Å². The predicted molar refractivity (Wildman–Crippen MR) is 67.0 cm³/mol. The number of urea groups is 1. The second kappa shape index (κ2) is 7.10. The summed E-state index contributed by atoms with van der Waals surface area (Å²) in [5.41, 5.74) is 0.00547. The molecule has 0 aliphatic rings. The van der Waals surface area contributed by atoms with Gasteiger partial charge in [0.15, 0.2) is 0 Å². The number of rotatable bonds is 3. The largest absolute Gasteiger partial charge is 0.449 e. The third-order valence-electron chi connectivity index (χ3n) is 1.83. The molecule has 0 fully saturated rings. The van der Waals surface area contributed by atoms with Gasteiger partial charge in [0.05, 0.1) is 6.61 Å². The van der Waals surface area contributed by atoms with E-state index in [1.807, 2.05) is 5.32 Å². The molecule has 1 N–H and O–H groups in total. The lowest BCUT2D eigenvalue weighted by Gasteiger charge is -2.18. The standard InChI is InChI=1S/C12H16N2O5/c1-6-19-12(18)14(10(16)8(4)5)11(17)13-9(15)7(2)3/h2,4,6H2,1,3,5H3,(H,13,15,17). The SMILES string of the molecule is C=C(C)C(=O)NC(=O)N(C(=O)OCC)C(=O)C(=C)C. The maximum absolute atomic E-state index is 11.7. The van der Waals surface area contributed by atoms with E-state index in [-0.39, 0.29) is 22.7 Å². The second-order valence-electron chi connectivity index (χ2n) is 3.66. The van der Waals surface area contributed by atoms with Gasteiger partial charge in [0.1, 0.15) is 0 Å². The first kappa shape index (κ1) is 16.6. The summed E-state index contributed by atoms with van der Waals surface area (Å²) in [5.74, 6) is -1.75. The number of amides is 5. The Hall–Kier alpha value is -2.44. The van der Waals surface area contributed by atoms with E-state index in [4.69, 9.17) is 0 Å². The van der Waals surface area contributed by atoms with Gasteiger partial charge in [-0.2, -0.15) is 4.90 Å². The first-order chi connectivity index (χ1) is 8.72. The van der Waals surface area contributed by atoms with Crippen molar-refractivity contribution in [2.24, 2.45) is 0 Å². The van der Waals surface area contributed by atoms with E-state index in [2.05, 4.69) is 17.9 Å². The third-order valence-corrected chi connectivity index (χ3v) is 1.83. The maximum atomic E-state index is 11.7. The number of carbonyl (C=O) groups excluding carboxylic acids is 4. The molecule has 0 aromatic heterocycles. The van der Waals surface area contributed by atoms with Crippen LogP contribution in [0.5, 0.6) is 0 Å². The zero-order chi connectivity index (χ0) is 15.2. The van der Waals surface area contributed by atoms with E-state index in [1.165, 1.54) is 20.8 Å². The summed E-state index contributed by atoms with van der Waals surface area (Å²) in [5, 5.41) is 1.84. The van der Waals surface area contributed by atoms with Crippen molar-refractivity contribution in [3.8, 4) is 0 Å². The number of imide groups is 4. The molecule has 0 aromatic rings. The topological polar surface area (TPSA) is 92.8 Å². The van der Waals surface area contributed by atoms with Crippen LogP contribution in [-0.2, 0) is 14.3 Å². The summed E-state index contributed by atoms with van der Waals surface area (Å²) in [6, 6.07) is -1.21. The minimum atomic E-state index is -1.21. The van der Waals surface area contributed by atoms with E-state index >= 15 is 0 Å². The molecular weight excluding hydrogens is 252 g/mol. The highest BCUT2D eigenvalue weighted by Crippen LogP contribution is 2.03. The molecule has 19 heavy (non-hydrogen) atoms. The van der Waals surface area contributed by atoms with Crippen LogP contribution in [0.2, 0.25) is 0 Å². The lowest BCUT2D eigenvalue weighted by atomic mass is 10.3. The van der Waals surface area contributed by atoms with Crippen LogP contribution < -0.4 is 5.32 Å². The first-order valence-electron chi connectivity index (χ1n) is 5.39. The molecule has 0 saturated carbocycles. The van der Waals surface area contributed by atoms with Gasteiger partial charge >= 0.3 is 12.1 Å². The van der Waals surface area contributed by atoms with Gasteiger partial charge in [-0.25, -0.2) is 9.59 Å². The third kappa shape index (κ3) is 4.74. The molecule has 0 atom stereocenters. The van der Waals surface area contributed by atoms with Crippen molar-refractivity contribution in [3.63, 3.8) is 0 Å². The minimum absolute atomic E-state index is 0.0273. The van der Waals surface area contributed by atoms with Gasteiger partial charge < -0.3 is 4.74 Å². The van der Waals surface area contributed by atoms with Crippen LogP contribution in [-0.4, -0.2) is 35.4 Å². The lowest BCUT2D eigenvalue weighted by molar-refractivity contribution is -0.123. The Kier molecular flexibility index (Phi) is 6.19. The van der Waals surface area contributed by atoms with E-state index in [0.717, 1.165) is 0 Å². The number of nitrogens with zero attached hydrogens (tertiary/aromatic N) is 1. The molecule has 0 aliphatic heterocycles. The van der Waals surface area contributed by atoms with Gasteiger partial charge in [-0.1, -0.05) is 13.2 Å². The number of ether oxygens (including phenoxy) is 1. The van der Waals surface area contributed by atoms with Gasteiger partial charge in [-0.3, -0.25) is 14.9 Å². The van der Waals surface area contributed by atoms with Crippen molar-refractivity contribution >= 4 is 23.9 Å². The molecule has 0 unspecified atom stereocenters. The molecule has 7 nitrogen and oxygen atoms in total. The van der Waals surface area contributed by atoms with Gasteiger partial charge in [-0.15, -0.1) is 0 Å². The maximum Gasteiger partial charge on any atom is 0.425 e. The molecule has 0 aliphatic carbocycles. The fourth-order valence-corrected chi connectivity index (χ4v) is 0.897. The van der Waals surface area contributed by atoms with Gasteiger partial charge in [0, 0.05) is 11.1 Å². The van der Waals surface area contributed by atoms with Crippen molar-refractivity contribution in [2.75, 3.05) is 6.61 Å². The van der Waals surface area contributed by atoms with Crippen molar-refractivity contribution in [3.05, 3.63) is 24.3 Å². The van der Waals surface area contributed by atoms with Crippen LogP contribution >= 0.6 is 0 Å². The Labute approximate surface area is 110 Å². The van der Waals surface area contributed by atoms with Crippen molar-refractivity contribution in [1.29, 1.82) is 0 Å². The van der Waals surface area contributed by atoms with Crippen LogP contribution in [0.25, 0.3) is 0 Å². The van der Waals surface area contributed by atoms with Crippen molar-refractivity contribution in [2.45, 2.75) is 20.8 Å². The molecule has 0 radical (unpaired) electrons. The molecule has 0 aromatic carbocycles.